The van der Waals surface area contributed by atoms with Gasteiger partial charge in [-0.1, -0.05) is 43.7 Å². The number of nitrogens with zero attached hydrogens (tertiary/aromatic N) is 1. The minimum Gasteiger partial charge on any atom is -0.493 e. The molecule has 1 aliphatic heterocycles. The molecule has 1 heterocycles. The van der Waals surface area contributed by atoms with Gasteiger partial charge in [0.2, 0.25) is 5.91 Å². The molecule has 2 aromatic rings. The Kier molecular flexibility index (Phi) is 8.63. The molecule has 2 N–H and O–H groups in total. The quantitative estimate of drug-likeness (QED) is 0.298. The molecule has 1 aliphatic rings. The first-order valence-electron chi connectivity index (χ1n) is 11.7. The van der Waals surface area contributed by atoms with E-state index in [0.717, 1.165) is 24.0 Å². The predicted octanol–water partition coefficient (Wildman–Crippen LogP) is 3.90. The van der Waals surface area contributed by atoms with E-state index >= 15 is 0 Å². The van der Waals surface area contributed by atoms with E-state index in [4.69, 9.17) is 15.2 Å². The number of rotatable bonds is 10. The maximum atomic E-state index is 13.1. The largest absolute Gasteiger partial charge is 0.493 e. The average molecular weight is 509 g/mol. The summed E-state index contributed by atoms with van der Waals surface area (Å²) >= 11 is 0. The van der Waals surface area contributed by atoms with Gasteiger partial charge in [-0.3, -0.25) is 4.79 Å². The highest BCUT2D eigenvalue weighted by Crippen LogP contribution is 2.38. The van der Waals surface area contributed by atoms with Crippen LogP contribution in [0.4, 0.5) is 13.2 Å². The highest BCUT2D eigenvalue weighted by Gasteiger charge is 2.49. The van der Waals surface area contributed by atoms with E-state index in [1.54, 1.807) is 11.0 Å². The average Bonchev–Trinajstić information content (AvgIpc) is 2.80. The van der Waals surface area contributed by atoms with Crippen molar-refractivity contribution in [3.63, 3.8) is 0 Å². The zero-order valence-electron chi connectivity index (χ0n) is 20.6. The Morgan fingerprint density at radius 3 is 2.44 bits per heavy atom. The minimum atomic E-state index is -5.16. The molecular weight excluding hydrogens is 477 g/mol. The van der Waals surface area contributed by atoms with Crippen molar-refractivity contribution < 1.29 is 37.0 Å². The van der Waals surface area contributed by atoms with Crippen molar-refractivity contribution in [3.05, 3.63) is 59.2 Å². The third-order valence-electron chi connectivity index (χ3n) is 6.15. The van der Waals surface area contributed by atoms with Gasteiger partial charge in [-0.05, 0) is 48.6 Å². The number of hydrogen-bond acceptors (Lipinski definition) is 6. The number of alkyl halides is 3. The SMILES string of the molecule is CCCCOC1(c2ccccc2C)CN(C(=O)C(N)Cc2ccc(OC)c(OC(=O)C(F)(F)F)c2)C1. The van der Waals surface area contributed by atoms with Crippen LogP contribution in [0.5, 0.6) is 11.5 Å². The van der Waals surface area contributed by atoms with Crippen LogP contribution in [0, 0.1) is 6.92 Å². The first-order chi connectivity index (χ1) is 17.0. The molecule has 0 aromatic heterocycles. The lowest BCUT2D eigenvalue weighted by Gasteiger charge is -2.51. The standard InChI is InChI=1S/C26H31F3N2O5/c1-4-5-12-35-25(19-9-7-6-8-17(19)2)15-31(16-25)23(32)20(30)13-18-10-11-21(34-3)22(14-18)36-24(33)26(27,28)29/h6-11,14,20H,4-5,12-13,15-16,30H2,1-3H3. The summed E-state index contributed by atoms with van der Waals surface area (Å²) in [6.45, 7) is 5.36. The first-order valence-corrected chi connectivity index (χ1v) is 11.7. The van der Waals surface area contributed by atoms with Crippen LogP contribution in [-0.2, 0) is 26.3 Å². The van der Waals surface area contributed by atoms with Gasteiger partial charge < -0.3 is 24.8 Å². The van der Waals surface area contributed by atoms with Gasteiger partial charge in [0.15, 0.2) is 11.5 Å². The van der Waals surface area contributed by atoms with Gasteiger partial charge in [-0.15, -0.1) is 0 Å². The van der Waals surface area contributed by atoms with Crippen molar-refractivity contribution in [1.82, 2.24) is 4.90 Å². The molecular formula is C26H31F3N2O5. The Morgan fingerprint density at radius 1 is 1.14 bits per heavy atom. The van der Waals surface area contributed by atoms with Gasteiger partial charge in [0.1, 0.15) is 5.60 Å². The Morgan fingerprint density at radius 2 is 1.83 bits per heavy atom. The molecule has 36 heavy (non-hydrogen) atoms. The zero-order valence-corrected chi connectivity index (χ0v) is 20.6. The number of esters is 1. The maximum absolute atomic E-state index is 13.1. The monoisotopic (exact) mass is 508 g/mol. The van der Waals surface area contributed by atoms with Crippen molar-refractivity contribution in [3.8, 4) is 11.5 Å². The predicted molar refractivity (Wildman–Crippen MR) is 127 cm³/mol. The van der Waals surface area contributed by atoms with Crippen LogP contribution in [-0.4, -0.2) is 55.8 Å². The van der Waals surface area contributed by atoms with Gasteiger partial charge in [-0.25, -0.2) is 4.79 Å². The summed E-state index contributed by atoms with van der Waals surface area (Å²) in [5, 5.41) is 0. The molecule has 0 aliphatic carbocycles. The van der Waals surface area contributed by atoms with Gasteiger partial charge in [-0.2, -0.15) is 13.2 Å². The van der Waals surface area contributed by atoms with Gasteiger partial charge in [0.25, 0.3) is 0 Å². The van der Waals surface area contributed by atoms with Crippen LogP contribution in [0.15, 0.2) is 42.5 Å². The van der Waals surface area contributed by atoms with E-state index in [2.05, 4.69) is 11.7 Å². The molecule has 1 fully saturated rings. The van der Waals surface area contributed by atoms with Crippen molar-refractivity contribution in [2.24, 2.45) is 5.73 Å². The van der Waals surface area contributed by atoms with Crippen molar-refractivity contribution in [1.29, 1.82) is 0 Å². The number of halogens is 3. The molecule has 1 unspecified atom stereocenters. The van der Waals surface area contributed by atoms with Gasteiger partial charge >= 0.3 is 12.1 Å². The molecule has 1 saturated heterocycles. The van der Waals surface area contributed by atoms with E-state index < -0.39 is 29.5 Å². The van der Waals surface area contributed by atoms with E-state index in [1.165, 1.54) is 19.2 Å². The molecule has 1 atom stereocenters. The number of unbranched alkanes of at least 4 members (excludes halogenated alkanes) is 1. The second-order valence-corrected chi connectivity index (χ2v) is 8.89. The third-order valence-corrected chi connectivity index (χ3v) is 6.15. The Labute approximate surface area is 208 Å². The topological polar surface area (TPSA) is 91.1 Å². The zero-order chi connectivity index (χ0) is 26.5. The fourth-order valence-electron chi connectivity index (χ4n) is 4.22. The highest BCUT2D eigenvalue weighted by molar-refractivity contribution is 5.83. The number of amides is 1. The second-order valence-electron chi connectivity index (χ2n) is 8.89. The van der Waals surface area contributed by atoms with E-state index in [0.29, 0.717) is 25.3 Å². The van der Waals surface area contributed by atoms with Crippen LogP contribution < -0.4 is 15.2 Å². The summed E-state index contributed by atoms with van der Waals surface area (Å²) in [6, 6.07) is 11.1. The molecule has 0 spiro atoms. The fraction of sp³-hybridized carbons (Fsp3) is 0.462. The molecule has 1 amide bonds. The van der Waals surface area contributed by atoms with Gasteiger partial charge in [0, 0.05) is 6.61 Å². The highest BCUT2D eigenvalue weighted by atomic mass is 19.4. The summed E-state index contributed by atoms with van der Waals surface area (Å²) in [5.41, 5.74) is 8.11. The van der Waals surface area contributed by atoms with Crippen molar-refractivity contribution in [2.45, 2.75) is 50.9 Å². The lowest BCUT2D eigenvalue weighted by Crippen LogP contribution is -2.65. The van der Waals surface area contributed by atoms with Crippen LogP contribution in [0.1, 0.15) is 36.5 Å². The second kappa shape index (κ2) is 11.3. The van der Waals surface area contributed by atoms with Crippen LogP contribution in [0.2, 0.25) is 0 Å². The van der Waals surface area contributed by atoms with E-state index in [9.17, 15) is 22.8 Å². The molecule has 10 heteroatoms. The molecule has 3 rings (SSSR count). The van der Waals surface area contributed by atoms with Crippen molar-refractivity contribution in [2.75, 3.05) is 26.8 Å². The summed E-state index contributed by atoms with van der Waals surface area (Å²) < 4.78 is 53.6. The van der Waals surface area contributed by atoms with Crippen LogP contribution in [0.3, 0.4) is 0 Å². The lowest BCUT2D eigenvalue weighted by molar-refractivity contribution is -0.189. The number of methoxy groups -OCH3 is 1. The summed E-state index contributed by atoms with van der Waals surface area (Å²) in [7, 11) is 1.24. The normalized spacial score (nSPS) is 15.7. The smallest absolute Gasteiger partial charge is 0.491 e. The minimum absolute atomic E-state index is 0.0317. The molecule has 7 nitrogen and oxygen atoms in total. The number of nitrogens with two attached hydrogens (primary N) is 1. The van der Waals surface area contributed by atoms with Crippen LogP contribution in [0.25, 0.3) is 0 Å². The number of carbonyl (C=O) groups is 2. The van der Waals surface area contributed by atoms with Crippen molar-refractivity contribution >= 4 is 11.9 Å². The fourth-order valence-corrected chi connectivity index (χ4v) is 4.22. The van der Waals surface area contributed by atoms with Crippen LogP contribution >= 0.6 is 0 Å². The Balaban J connectivity index is 1.70. The summed E-state index contributed by atoms with van der Waals surface area (Å²) in [5.74, 6) is -3.12. The number of ether oxygens (including phenoxy) is 3. The molecule has 0 radical (unpaired) electrons. The molecule has 196 valence electrons. The van der Waals surface area contributed by atoms with Gasteiger partial charge in [0.05, 0.1) is 26.2 Å². The summed E-state index contributed by atoms with van der Waals surface area (Å²) in [4.78, 5) is 26.0. The molecule has 0 bridgehead atoms. The first kappa shape index (κ1) is 27.5. The number of aryl methyl sites for hydroxylation is 1. The lowest BCUT2D eigenvalue weighted by atomic mass is 9.82. The number of benzene rings is 2. The number of hydrogen-bond donors (Lipinski definition) is 1. The molecule has 2 aromatic carbocycles. The Hall–Kier alpha value is -3.11. The van der Waals surface area contributed by atoms with E-state index in [1.807, 2.05) is 31.2 Å². The third kappa shape index (κ3) is 6.17. The molecule has 0 saturated carbocycles. The Bertz CT molecular complexity index is 1080. The summed E-state index contributed by atoms with van der Waals surface area (Å²) in [6.07, 6.45) is -3.24. The maximum Gasteiger partial charge on any atom is 0.491 e. The van der Waals surface area contributed by atoms with E-state index in [-0.39, 0.29) is 18.1 Å². The number of likely N-dealkylation sites (tertiary alicyclic amines) is 1. The number of carbonyl (C=O) groups excluding carboxylic acids is 2.